The third kappa shape index (κ3) is 5.61. The van der Waals surface area contributed by atoms with E-state index in [1.807, 2.05) is 12.1 Å². The van der Waals surface area contributed by atoms with E-state index < -0.39 is 17.6 Å². The molecule has 0 aliphatic rings. The lowest BCUT2D eigenvalue weighted by Gasteiger charge is -2.09. The lowest BCUT2D eigenvalue weighted by molar-refractivity contribution is -0.137. The third-order valence-electron chi connectivity index (χ3n) is 3.58. The number of nitrogens with one attached hydrogen (secondary N) is 1. The molecule has 0 heterocycles. The predicted molar refractivity (Wildman–Crippen MR) is 93.2 cm³/mol. The molecule has 0 saturated carbocycles. The largest absolute Gasteiger partial charge is 0.484 e. The van der Waals surface area contributed by atoms with Gasteiger partial charge in [-0.3, -0.25) is 4.79 Å². The van der Waals surface area contributed by atoms with Gasteiger partial charge in [0, 0.05) is 5.56 Å². The van der Waals surface area contributed by atoms with Crippen molar-refractivity contribution in [1.82, 2.24) is 5.43 Å². The van der Waals surface area contributed by atoms with Crippen LogP contribution in [0, 0.1) is 0 Å². The molecule has 2 aromatic carbocycles. The fourth-order valence-electron chi connectivity index (χ4n) is 2.17. The van der Waals surface area contributed by atoms with Crippen LogP contribution >= 0.6 is 0 Å². The maximum absolute atomic E-state index is 12.9. The van der Waals surface area contributed by atoms with Crippen molar-refractivity contribution in [3.8, 4) is 5.75 Å². The number of nitrogens with zero attached hydrogens (tertiary/aromatic N) is 1. The molecule has 0 aliphatic heterocycles. The van der Waals surface area contributed by atoms with Gasteiger partial charge in [-0.2, -0.15) is 18.3 Å². The molecule has 26 heavy (non-hydrogen) atoms. The minimum absolute atomic E-state index is 0.134. The highest BCUT2D eigenvalue weighted by Crippen LogP contribution is 2.31. The van der Waals surface area contributed by atoms with Gasteiger partial charge < -0.3 is 4.74 Å². The molecule has 1 amide bonds. The number of carbonyl (C=O) groups excluding carboxylic acids is 1. The van der Waals surface area contributed by atoms with E-state index in [1.54, 1.807) is 12.1 Å². The maximum Gasteiger partial charge on any atom is 0.417 e. The number of alkyl halides is 3. The van der Waals surface area contributed by atoms with Crippen LogP contribution in [-0.2, 0) is 11.0 Å². The summed E-state index contributed by atoms with van der Waals surface area (Å²) in [5.74, 6) is 0.343. The van der Waals surface area contributed by atoms with Gasteiger partial charge in [-0.25, -0.2) is 5.43 Å². The minimum atomic E-state index is -4.49. The number of hydrogen-bond donors (Lipinski definition) is 1. The molecule has 0 bridgehead atoms. The lowest BCUT2D eigenvalue weighted by Crippen LogP contribution is -2.24. The summed E-state index contributed by atoms with van der Waals surface area (Å²) in [7, 11) is 0. The Hall–Kier alpha value is -2.83. The summed E-state index contributed by atoms with van der Waals surface area (Å²) in [6.07, 6.45) is -3.53. The standard InChI is InChI=1S/C19H19F3N2O2/c1-13(2)14-7-9-16(10-8-14)26-12-18(25)24-23-11-15-5-3-4-6-17(15)19(20,21)22/h3-11,13H,12H2,1-2H3,(H,24,25)/b23-11+. The number of benzene rings is 2. The zero-order chi connectivity index (χ0) is 19.2. The van der Waals surface area contributed by atoms with Crippen molar-refractivity contribution in [1.29, 1.82) is 0 Å². The Labute approximate surface area is 149 Å². The van der Waals surface area contributed by atoms with Crippen molar-refractivity contribution in [3.63, 3.8) is 0 Å². The Morgan fingerprint density at radius 3 is 2.42 bits per heavy atom. The first-order chi connectivity index (χ1) is 12.3. The van der Waals surface area contributed by atoms with Crippen molar-refractivity contribution in [2.45, 2.75) is 25.9 Å². The lowest BCUT2D eigenvalue weighted by atomic mass is 10.0. The van der Waals surface area contributed by atoms with E-state index in [9.17, 15) is 18.0 Å². The van der Waals surface area contributed by atoms with Gasteiger partial charge in [0.2, 0.25) is 0 Å². The van der Waals surface area contributed by atoms with Gasteiger partial charge in [0.15, 0.2) is 6.61 Å². The molecule has 0 radical (unpaired) electrons. The average molecular weight is 364 g/mol. The van der Waals surface area contributed by atoms with Crippen LogP contribution in [0.15, 0.2) is 53.6 Å². The number of amides is 1. The van der Waals surface area contributed by atoms with Crippen LogP contribution in [0.2, 0.25) is 0 Å². The maximum atomic E-state index is 12.9. The average Bonchev–Trinajstić information content (AvgIpc) is 2.60. The van der Waals surface area contributed by atoms with Crippen LogP contribution in [0.1, 0.15) is 36.5 Å². The fraction of sp³-hybridized carbons (Fsp3) is 0.263. The molecular weight excluding hydrogens is 345 g/mol. The zero-order valence-electron chi connectivity index (χ0n) is 14.4. The molecule has 0 aliphatic carbocycles. The molecule has 7 heteroatoms. The topological polar surface area (TPSA) is 50.7 Å². The fourth-order valence-corrected chi connectivity index (χ4v) is 2.17. The first-order valence-corrected chi connectivity index (χ1v) is 7.98. The van der Waals surface area contributed by atoms with E-state index in [0.717, 1.165) is 17.8 Å². The molecule has 2 aromatic rings. The summed E-state index contributed by atoms with van der Waals surface area (Å²) in [6.45, 7) is 3.84. The first-order valence-electron chi connectivity index (χ1n) is 7.98. The van der Waals surface area contributed by atoms with Crippen LogP contribution in [0.5, 0.6) is 5.75 Å². The van der Waals surface area contributed by atoms with Gasteiger partial charge >= 0.3 is 6.18 Å². The van der Waals surface area contributed by atoms with E-state index in [2.05, 4.69) is 24.4 Å². The van der Waals surface area contributed by atoms with Gasteiger partial charge in [0.25, 0.3) is 5.91 Å². The summed E-state index contributed by atoms with van der Waals surface area (Å²) in [4.78, 5) is 11.7. The van der Waals surface area contributed by atoms with Crippen LogP contribution in [0.4, 0.5) is 13.2 Å². The Morgan fingerprint density at radius 2 is 1.81 bits per heavy atom. The molecule has 4 nitrogen and oxygen atoms in total. The Kier molecular flexibility index (Phi) is 6.38. The van der Waals surface area contributed by atoms with Gasteiger partial charge in [-0.05, 0) is 29.7 Å². The second-order valence-corrected chi connectivity index (χ2v) is 5.89. The number of rotatable bonds is 6. The molecule has 0 spiro atoms. The molecule has 0 atom stereocenters. The molecule has 0 aromatic heterocycles. The summed E-state index contributed by atoms with van der Waals surface area (Å²) < 4.78 is 43.9. The second-order valence-electron chi connectivity index (χ2n) is 5.89. The summed E-state index contributed by atoms with van der Waals surface area (Å²) in [5, 5.41) is 3.56. The molecule has 0 saturated heterocycles. The van der Waals surface area contributed by atoms with E-state index >= 15 is 0 Å². The molecule has 1 N–H and O–H groups in total. The van der Waals surface area contributed by atoms with Crippen molar-refractivity contribution < 1.29 is 22.7 Å². The van der Waals surface area contributed by atoms with Gasteiger partial charge in [0.05, 0.1) is 11.8 Å². The highest BCUT2D eigenvalue weighted by atomic mass is 19.4. The Balaban J connectivity index is 1.88. The third-order valence-corrected chi connectivity index (χ3v) is 3.58. The predicted octanol–water partition coefficient (Wildman–Crippen LogP) is 4.36. The molecule has 138 valence electrons. The van der Waals surface area contributed by atoms with E-state index in [-0.39, 0.29) is 12.2 Å². The zero-order valence-corrected chi connectivity index (χ0v) is 14.4. The number of halogens is 3. The van der Waals surface area contributed by atoms with E-state index in [0.29, 0.717) is 11.7 Å². The number of hydrazone groups is 1. The number of hydrogen-bond acceptors (Lipinski definition) is 3. The van der Waals surface area contributed by atoms with Crippen LogP contribution < -0.4 is 10.2 Å². The molecular formula is C19H19F3N2O2. The van der Waals surface area contributed by atoms with E-state index in [4.69, 9.17) is 4.74 Å². The van der Waals surface area contributed by atoms with Crippen molar-refractivity contribution in [2.75, 3.05) is 6.61 Å². The minimum Gasteiger partial charge on any atom is -0.484 e. The van der Waals surface area contributed by atoms with Crippen molar-refractivity contribution in [2.24, 2.45) is 5.10 Å². The second kappa shape index (κ2) is 8.51. The number of ether oxygens (including phenoxy) is 1. The van der Waals surface area contributed by atoms with Crippen LogP contribution in [0.3, 0.4) is 0 Å². The monoisotopic (exact) mass is 364 g/mol. The van der Waals surface area contributed by atoms with Gasteiger partial charge in [-0.15, -0.1) is 0 Å². The SMILES string of the molecule is CC(C)c1ccc(OCC(=O)N/N=C/c2ccccc2C(F)(F)F)cc1. The van der Waals surface area contributed by atoms with E-state index in [1.165, 1.54) is 18.2 Å². The highest BCUT2D eigenvalue weighted by Gasteiger charge is 2.32. The summed E-state index contributed by atoms with van der Waals surface area (Å²) in [5.41, 5.74) is 2.34. The van der Waals surface area contributed by atoms with Gasteiger partial charge in [-0.1, -0.05) is 44.2 Å². The normalized spacial score (nSPS) is 11.8. The summed E-state index contributed by atoms with van der Waals surface area (Å²) in [6, 6.07) is 12.3. The summed E-state index contributed by atoms with van der Waals surface area (Å²) >= 11 is 0. The van der Waals surface area contributed by atoms with Crippen LogP contribution in [-0.4, -0.2) is 18.7 Å². The number of carbonyl (C=O) groups is 1. The Bertz CT molecular complexity index is 769. The van der Waals surface area contributed by atoms with Crippen molar-refractivity contribution in [3.05, 3.63) is 65.2 Å². The van der Waals surface area contributed by atoms with Crippen molar-refractivity contribution >= 4 is 12.1 Å². The quantitative estimate of drug-likeness (QED) is 0.612. The molecule has 2 rings (SSSR count). The van der Waals surface area contributed by atoms with Crippen LogP contribution in [0.25, 0.3) is 0 Å². The van der Waals surface area contributed by atoms with Gasteiger partial charge in [0.1, 0.15) is 5.75 Å². The molecule has 0 unspecified atom stereocenters. The molecule has 0 fully saturated rings. The first kappa shape index (κ1) is 19.5. The smallest absolute Gasteiger partial charge is 0.417 e. The Morgan fingerprint density at radius 1 is 1.15 bits per heavy atom. The highest BCUT2D eigenvalue weighted by molar-refractivity contribution is 5.84.